The summed E-state index contributed by atoms with van der Waals surface area (Å²) in [7, 11) is 0. The van der Waals surface area contributed by atoms with E-state index >= 15 is 0 Å². The summed E-state index contributed by atoms with van der Waals surface area (Å²) < 4.78 is 5.64. The Hall–Kier alpha value is -0.770. The van der Waals surface area contributed by atoms with Gasteiger partial charge in [-0.25, -0.2) is 0 Å². The minimum Gasteiger partial charge on any atom is -0.492 e. The highest BCUT2D eigenvalue weighted by Gasteiger charge is 2.01. The third kappa shape index (κ3) is 5.71. The van der Waals surface area contributed by atoms with Crippen molar-refractivity contribution in [1.29, 1.82) is 0 Å². The van der Waals surface area contributed by atoms with Crippen LogP contribution in [0.4, 0.5) is 0 Å². The lowest BCUT2D eigenvalue weighted by molar-refractivity contribution is 0.249. The molecule has 0 spiro atoms. The highest BCUT2D eigenvalue weighted by molar-refractivity contribution is 6.32. The predicted molar refractivity (Wildman–Crippen MR) is 75.5 cm³/mol. The number of halogens is 1. The summed E-state index contributed by atoms with van der Waals surface area (Å²) in [4.78, 5) is 0. The van der Waals surface area contributed by atoms with Gasteiger partial charge in [-0.05, 0) is 50.9 Å². The van der Waals surface area contributed by atoms with Crippen LogP contribution < -0.4 is 10.1 Å². The molecular formula is C14H22ClNO2. The van der Waals surface area contributed by atoms with Crippen molar-refractivity contribution in [3.8, 4) is 5.75 Å². The summed E-state index contributed by atoms with van der Waals surface area (Å²) in [6.07, 6.45) is 1.99. The standard InChI is InChI=1S/C14H22ClNO2/c1-11-5-6-13(15)14(9-11)18-8-4-3-7-16-12(2)10-17/h5-6,9,12,16-17H,3-4,7-8,10H2,1-2H3. The first-order valence-corrected chi connectivity index (χ1v) is 6.74. The molecule has 0 radical (unpaired) electrons. The van der Waals surface area contributed by atoms with Crippen molar-refractivity contribution >= 4 is 11.6 Å². The Labute approximate surface area is 114 Å². The van der Waals surface area contributed by atoms with E-state index in [0.717, 1.165) is 30.7 Å². The third-order valence-corrected chi connectivity index (χ3v) is 2.99. The smallest absolute Gasteiger partial charge is 0.138 e. The Morgan fingerprint density at radius 3 is 2.89 bits per heavy atom. The van der Waals surface area contributed by atoms with E-state index in [2.05, 4.69) is 5.32 Å². The van der Waals surface area contributed by atoms with Gasteiger partial charge >= 0.3 is 0 Å². The first kappa shape index (κ1) is 15.3. The Morgan fingerprint density at radius 2 is 2.17 bits per heavy atom. The highest BCUT2D eigenvalue weighted by Crippen LogP contribution is 2.25. The van der Waals surface area contributed by atoms with Gasteiger partial charge in [-0.1, -0.05) is 17.7 Å². The van der Waals surface area contributed by atoms with Gasteiger partial charge in [0.1, 0.15) is 5.75 Å². The van der Waals surface area contributed by atoms with E-state index in [-0.39, 0.29) is 12.6 Å². The van der Waals surface area contributed by atoms with Gasteiger partial charge < -0.3 is 15.2 Å². The van der Waals surface area contributed by atoms with Crippen molar-refractivity contribution in [2.24, 2.45) is 0 Å². The van der Waals surface area contributed by atoms with Gasteiger partial charge in [0, 0.05) is 6.04 Å². The van der Waals surface area contributed by atoms with E-state index < -0.39 is 0 Å². The lowest BCUT2D eigenvalue weighted by Gasteiger charge is -2.11. The number of hydrogen-bond donors (Lipinski definition) is 2. The van der Waals surface area contributed by atoms with E-state index in [1.807, 2.05) is 32.0 Å². The Balaban J connectivity index is 2.16. The first-order chi connectivity index (χ1) is 8.63. The molecule has 0 fully saturated rings. The van der Waals surface area contributed by atoms with Gasteiger partial charge in [0.05, 0.1) is 18.2 Å². The molecule has 0 amide bonds. The van der Waals surface area contributed by atoms with E-state index in [4.69, 9.17) is 21.4 Å². The quantitative estimate of drug-likeness (QED) is 0.715. The number of ether oxygens (including phenoxy) is 1. The number of unbranched alkanes of at least 4 members (excludes halogenated alkanes) is 1. The summed E-state index contributed by atoms with van der Waals surface area (Å²) >= 11 is 6.03. The zero-order chi connectivity index (χ0) is 13.4. The van der Waals surface area contributed by atoms with E-state index in [1.165, 1.54) is 0 Å². The topological polar surface area (TPSA) is 41.5 Å². The molecule has 3 nitrogen and oxygen atoms in total. The number of aliphatic hydroxyl groups is 1. The van der Waals surface area contributed by atoms with Crippen molar-refractivity contribution in [2.75, 3.05) is 19.8 Å². The number of rotatable bonds is 8. The second-order valence-electron chi connectivity index (χ2n) is 4.53. The molecule has 0 bridgehead atoms. The fourth-order valence-electron chi connectivity index (χ4n) is 1.54. The summed E-state index contributed by atoms with van der Waals surface area (Å²) in [6.45, 7) is 5.72. The van der Waals surface area contributed by atoms with Crippen LogP contribution in [0.25, 0.3) is 0 Å². The van der Waals surface area contributed by atoms with Crippen LogP contribution in [-0.2, 0) is 0 Å². The van der Waals surface area contributed by atoms with Crippen molar-refractivity contribution in [3.05, 3.63) is 28.8 Å². The third-order valence-electron chi connectivity index (χ3n) is 2.68. The van der Waals surface area contributed by atoms with Gasteiger partial charge in [-0.3, -0.25) is 0 Å². The van der Waals surface area contributed by atoms with Crippen molar-refractivity contribution in [1.82, 2.24) is 5.32 Å². The van der Waals surface area contributed by atoms with Crippen LogP contribution in [0.3, 0.4) is 0 Å². The molecule has 0 aliphatic heterocycles. The van der Waals surface area contributed by atoms with Crippen LogP contribution in [-0.4, -0.2) is 30.9 Å². The Bertz CT molecular complexity index is 358. The fraction of sp³-hybridized carbons (Fsp3) is 0.571. The molecule has 0 saturated carbocycles. The monoisotopic (exact) mass is 271 g/mol. The van der Waals surface area contributed by atoms with Gasteiger partial charge in [-0.2, -0.15) is 0 Å². The summed E-state index contributed by atoms with van der Waals surface area (Å²) in [5.74, 6) is 0.758. The molecule has 0 saturated heterocycles. The molecule has 1 aromatic rings. The normalized spacial score (nSPS) is 12.4. The maximum atomic E-state index is 8.84. The molecule has 0 aromatic heterocycles. The number of benzene rings is 1. The van der Waals surface area contributed by atoms with Crippen LogP contribution in [0.5, 0.6) is 5.75 Å². The minimum atomic E-state index is 0.164. The van der Waals surface area contributed by atoms with Gasteiger partial charge in [0.2, 0.25) is 0 Å². The van der Waals surface area contributed by atoms with Crippen LogP contribution >= 0.6 is 11.6 Å². The molecule has 0 aliphatic rings. The SMILES string of the molecule is Cc1ccc(Cl)c(OCCCCNC(C)CO)c1. The molecule has 1 aromatic carbocycles. The number of hydrogen-bond acceptors (Lipinski definition) is 3. The Morgan fingerprint density at radius 1 is 1.39 bits per heavy atom. The Kier molecular flexibility index (Phi) is 7.09. The van der Waals surface area contributed by atoms with Crippen LogP contribution in [0, 0.1) is 6.92 Å². The van der Waals surface area contributed by atoms with Crippen LogP contribution in [0.15, 0.2) is 18.2 Å². The van der Waals surface area contributed by atoms with Crippen molar-refractivity contribution in [2.45, 2.75) is 32.7 Å². The molecule has 0 aliphatic carbocycles. The largest absolute Gasteiger partial charge is 0.492 e. The summed E-state index contributed by atoms with van der Waals surface area (Å²) in [6, 6.07) is 5.94. The van der Waals surface area contributed by atoms with Crippen molar-refractivity contribution in [3.63, 3.8) is 0 Å². The molecule has 4 heteroatoms. The minimum absolute atomic E-state index is 0.164. The maximum Gasteiger partial charge on any atom is 0.138 e. The van der Waals surface area contributed by atoms with E-state index in [9.17, 15) is 0 Å². The molecule has 0 heterocycles. The summed E-state index contributed by atoms with van der Waals surface area (Å²) in [5.41, 5.74) is 1.15. The molecule has 102 valence electrons. The average molecular weight is 272 g/mol. The van der Waals surface area contributed by atoms with E-state index in [0.29, 0.717) is 11.6 Å². The van der Waals surface area contributed by atoms with Gasteiger partial charge in [0.25, 0.3) is 0 Å². The zero-order valence-electron chi connectivity index (χ0n) is 11.1. The number of nitrogens with one attached hydrogen (secondary N) is 1. The molecule has 18 heavy (non-hydrogen) atoms. The first-order valence-electron chi connectivity index (χ1n) is 6.36. The predicted octanol–water partition coefficient (Wildman–Crippen LogP) is 2.78. The number of aliphatic hydroxyl groups excluding tert-OH is 1. The average Bonchev–Trinajstić information content (AvgIpc) is 2.37. The second-order valence-corrected chi connectivity index (χ2v) is 4.93. The molecule has 2 N–H and O–H groups in total. The van der Waals surface area contributed by atoms with Crippen LogP contribution in [0.2, 0.25) is 5.02 Å². The lowest BCUT2D eigenvalue weighted by Crippen LogP contribution is -2.30. The number of aryl methyl sites for hydroxylation is 1. The summed E-state index contributed by atoms with van der Waals surface area (Å²) in [5, 5.41) is 12.7. The molecule has 1 rings (SSSR count). The van der Waals surface area contributed by atoms with Crippen molar-refractivity contribution < 1.29 is 9.84 Å². The second kappa shape index (κ2) is 8.35. The maximum absolute atomic E-state index is 8.84. The molecular weight excluding hydrogens is 250 g/mol. The van der Waals surface area contributed by atoms with Gasteiger partial charge in [0.15, 0.2) is 0 Å². The van der Waals surface area contributed by atoms with Gasteiger partial charge in [-0.15, -0.1) is 0 Å². The van der Waals surface area contributed by atoms with E-state index in [1.54, 1.807) is 0 Å². The van der Waals surface area contributed by atoms with Crippen LogP contribution in [0.1, 0.15) is 25.3 Å². The zero-order valence-corrected chi connectivity index (χ0v) is 11.8. The lowest BCUT2D eigenvalue weighted by atomic mass is 10.2. The fourth-order valence-corrected chi connectivity index (χ4v) is 1.72. The highest BCUT2D eigenvalue weighted by atomic mass is 35.5. The molecule has 1 atom stereocenters. The molecule has 1 unspecified atom stereocenters.